The van der Waals surface area contributed by atoms with E-state index in [9.17, 15) is 8.42 Å². The monoisotopic (exact) mass is 301 g/mol. The smallest absolute Gasteiger partial charge is 0.155 e. The number of nitrogens with one attached hydrogen (secondary N) is 1. The Balaban J connectivity index is 2.26. The van der Waals surface area contributed by atoms with Gasteiger partial charge >= 0.3 is 0 Å². The highest BCUT2D eigenvalue weighted by molar-refractivity contribution is 7.92. The maximum absolute atomic E-state index is 12.3. The highest BCUT2D eigenvalue weighted by Gasteiger charge is 2.36. The first-order chi connectivity index (χ1) is 9.04. The molecule has 1 saturated heterocycles. The molecule has 3 nitrogen and oxygen atoms in total. The number of sulfone groups is 1. The molecule has 2 heterocycles. The van der Waals surface area contributed by atoms with Crippen molar-refractivity contribution in [1.29, 1.82) is 0 Å². The molecule has 0 radical (unpaired) electrons. The summed E-state index contributed by atoms with van der Waals surface area (Å²) in [6, 6.07) is 4.14. The van der Waals surface area contributed by atoms with Crippen LogP contribution < -0.4 is 5.32 Å². The van der Waals surface area contributed by atoms with Crippen LogP contribution in [0, 0.1) is 6.92 Å². The van der Waals surface area contributed by atoms with E-state index in [1.807, 2.05) is 0 Å². The predicted octanol–water partition coefficient (Wildman–Crippen LogP) is 3.06. The molecule has 108 valence electrons. The van der Waals surface area contributed by atoms with Crippen molar-refractivity contribution in [2.24, 2.45) is 0 Å². The Morgan fingerprint density at radius 3 is 2.79 bits per heavy atom. The molecule has 1 aliphatic rings. The summed E-state index contributed by atoms with van der Waals surface area (Å²) in [7, 11) is -2.95. The van der Waals surface area contributed by atoms with E-state index in [0.29, 0.717) is 5.75 Å². The molecular formula is C14H23NO2S2. The van der Waals surface area contributed by atoms with Gasteiger partial charge < -0.3 is 5.32 Å². The lowest BCUT2D eigenvalue weighted by Crippen LogP contribution is -2.40. The first kappa shape index (κ1) is 15.0. The molecule has 2 rings (SSSR count). The first-order valence-corrected chi connectivity index (χ1v) is 9.59. The van der Waals surface area contributed by atoms with E-state index in [1.54, 1.807) is 11.3 Å². The van der Waals surface area contributed by atoms with Gasteiger partial charge in [0.15, 0.2) is 9.84 Å². The maximum Gasteiger partial charge on any atom is 0.155 e. The van der Waals surface area contributed by atoms with Crippen molar-refractivity contribution in [1.82, 2.24) is 5.32 Å². The van der Waals surface area contributed by atoms with Crippen molar-refractivity contribution in [3.63, 3.8) is 0 Å². The second kappa shape index (κ2) is 6.37. The van der Waals surface area contributed by atoms with Crippen LogP contribution in [-0.2, 0) is 9.84 Å². The topological polar surface area (TPSA) is 46.2 Å². The summed E-state index contributed by atoms with van der Waals surface area (Å²) >= 11 is 1.71. The Bertz CT molecular complexity index is 507. The molecule has 0 amide bonds. The van der Waals surface area contributed by atoms with Crippen LogP contribution in [0.5, 0.6) is 0 Å². The normalized spacial score (nSPS) is 24.2. The van der Waals surface area contributed by atoms with Crippen LogP contribution in [0.15, 0.2) is 12.1 Å². The lowest BCUT2D eigenvalue weighted by molar-refractivity contribution is 0.451. The minimum absolute atomic E-state index is 0.0241. The van der Waals surface area contributed by atoms with Crippen molar-refractivity contribution < 1.29 is 8.42 Å². The molecule has 2 atom stereocenters. The molecule has 19 heavy (non-hydrogen) atoms. The van der Waals surface area contributed by atoms with Gasteiger partial charge in [-0.15, -0.1) is 11.3 Å². The minimum atomic E-state index is -2.95. The zero-order valence-corrected chi connectivity index (χ0v) is 13.3. The molecular weight excluding hydrogens is 278 g/mol. The average molecular weight is 301 g/mol. The standard InChI is InChI=1S/C14H23NO2S2/c1-3-9-15-14(12-8-7-11(2)18-12)13-6-4-5-10-19(13,16)17/h7-8,13-15H,3-6,9-10H2,1-2H3. The van der Waals surface area contributed by atoms with Crippen molar-refractivity contribution in [2.75, 3.05) is 12.3 Å². The van der Waals surface area contributed by atoms with Gasteiger partial charge in [0, 0.05) is 9.75 Å². The van der Waals surface area contributed by atoms with Gasteiger partial charge in [-0.25, -0.2) is 8.42 Å². The Kier molecular flexibility index (Phi) is 5.03. The van der Waals surface area contributed by atoms with E-state index in [1.165, 1.54) is 9.75 Å². The van der Waals surface area contributed by atoms with Gasteiger partial charge in [-0.2, -0.15) is 0 Å². The molecule has 1 aromatic heterocycles. The largest absolute Gasteiger partial charge is 0.308 e. The third-order valence-corrected chi connectivity index (χ3v) is 7.05. The van der Waals surface area contributed by atoms with E-state index < -0.39 is 9.84 Å². The van der Waals surface area contributed by atoms with Crippen LogP contribution in [-0.4, -0.2) is 26.0 Å². The predicted molar refractivity (Wildman–Crippen MR) is 81.5 cm³/mol. The molecule has 1 N–H and O–H groups in total. The maximum atomic E-state index is 12.3. The highest BCUT2D eigenvalue weighted by atomic mass is 32.2. The molecule has 1 fully saturated rings. The number of aryl methyl sites for hydroxylation is 1. The number of hydrogen-bond donors (Lipinski definition) is 1. The van der Waals surface area contributed by atoms with Gasteiger partial charge in [0.05, 0.1) is 17.0 Å². The van der Waals surface area contributed by atoms with E-state index in [0.717, 1.165) is 32.2 Å². The fraction of sp³-hybridized carbons (Fsp3) is 0.714. The molecule has 1 aromatic rings. The van der Waals surface area contributed by atoms with Gasteiger partial charge in [0.25, 0.3) is 0 Å². The number of thiophene rings is 1. The molecule has 0 aliphatic carbocycles. The van der Waals surface area contributed by atoms with Crippen molar-refractivity contribution >= 4 is 21.2 Å². The van der Waals surface area contributed by atoms with Crippen LogP contribution in [0.25, 0.3) is 0 Å². The van der Waals surface area contributed by atoms with Gasteiger partial charge in [-0.1, -0.05) is 13.3 Å². The zero-order chi connectivity index (χ0) is 13.9. The van der Waals surface area contributed by atoms with E-state index in [2.05, 4.69) is 31.3 Å². The van der Waals surface area contributed by atoms with Crippen molar-refractivity contribution in [3.8, 4) is 0 Å². The molecule has 0 spiro atoms. The SMILES string of the molecule is CCCNC(c1ccc(C)s1)C1CCCCS1(=O)=O. The Morgan fingerprint density at radius 2 is 2.21 bits per heavy atom. The summed E-state index contributed by atoms with van der Waals surface area (Å²) in [5.74, 6) is 0.354. The van der Waals surface area contributed by atoms with Crippen LogP contribution >= 0.6 is 11.3 Å². The van der Waals surface area contributed by atoms with E-state index in [4.69, 9.17) is 0 Å². The average Bonchev–Trinajstić information content (AvgIpc) is 2.78. The summed E-state index contributed by atoms with van der Waals surface area (Å²) in [6.45, 7) is 5.05. The lowest BCUT2D eigenvalue weighted by Gasteiger charge is -2.30. The Hall–Kier alpha value is -0.390. The second-order valence-electron chi connectivity index (χ2n) is 5.28. The van der Waals surface area contributed by atoms with Crippen molar-refractivity contribution in [3.05, 3.63) is 21.9 Å². The molecule has 0 bridgehead atoms. The fourth-order valence-corrected chi connectivity index (χ4v) is 5.89. The summed E-state index contributed by atoms with van der Waals surface area (Å²) in [5.41, 5.74) is 0. The van der Waals surface area contributed by atoms with Crippen LogP contribution in [0.3, 0.4) is 0 Å². The first-order valence-electron chi connectivity index (χ1n) is 7.06. The minimum Gasteiger partial charge on any atom is -0.308 e. The highest BCUT2D eigenvalue weighted by Crippen LogP contribution is 2.34. The van der Waals surface area contributed by atoms with Crippen molar-refractivity contribution in [2.45, 2.75) is 50.8 Å². The van der Waals surface area contributed by atoms with Crippen LogP contribution in [0.2, 0.25) is 0 Å². The van der Waals surface area contributed by atoms with Gasteiger partial charge in [-0.3, -0.25) is 0 Å². The third-order valence-electron chi connectivity index (χ3n) is 3.68. The lowest BCUT2D eigenvalue weighted by atomic mass is 10.1. The van der Waals surface area contributed by atoms with E-state index in [-0.39, 0.29) is 11.3 Å². The van der Waals surface area contributed by atoms with Gasteiger partial charge in [0.2, 0.25) is 0 Å². The summed E-state index contributed by atoms with van der Waals surface area (Å²) < 4.78 is 24.7. The van der Waals surface area contributed by atoms with Gasteiger partial charge in [0.1, 0.15) is 0 Å². The zero-order valence-electron chi connectivity index (χ0n) is 11.7. The molecule has 1 aliphatic heterocycles. The van der Waals surface area contributed by atoms with Crippen LogP contribution in [0.4, 0.5) is 0 Å². The van der Waals surface area contributed by atoms with Gasteiger partial charge in [-0.05, 0) is 44.9 Å². The Labute approximate surface area is 120 Å². The fourth-order valence-electron chi connectivity index (χ4n) is 2.69. The van der Waals surface area contributed by atoms with Crippen LogP contribution in [0.1, 0.15) is 48.4 Å². The number of rotatable bonds is 5. The summed E-state index contributed by atoms with van der Waals surface area (Å²) in [5, 5.41) is 3.21. The number of hydrogen-bond acceptors (Lipinski definition) is 4. The summed E-state index contributed by atoms with van der Waals surface area (Å²) in [4.78, 5) is 2.41. The quantitative estimate of drug-likeness (QED) is 0.909. The third kappa shape index (κ3) is 3.58. The molecule has 5 heteroatoms. The molecule has 0 aromatic carbocycles. The summed E-state index contributed by atoms with van der Waals surface area (Å²) in [6.07, 6.45) is 3.66. The molecule has 0 saturated carbocycles. The Morgan fingerprint density at radius 1 is 1.42 bits per heavy atom. The van der Waals surface area contributed by atoms with E-state index >= 15 is 0 Å². The molecule has 2 unspecified atom stereocenters. The second-order valence-corrected chi connectivity index (χ2v) is 8.94.